The first-order valence-corrected chi connectivity index (χ1v) is 7.42. The summed E-state index contributed by atoms with van der Waals surface area (Å²) in [5.41, 5.74) is 0.635. The fourth-order valence-electron chi connectivity index (χ4n) is 2.61. The molecule has 0 saturated carbocycles. The zero-order chi connectivity index (χ0) is 15.4. The molecule has 1 heterocycles. The zero-order valence-electron chi connectivity index (χ0n) is 12.2. The molecule has 114 valence electrons. The highest BCUT2D eigenvalue weighted by atomic mass is 16.5. The standard InChI is InChI=1S/C17H18N2O3/c20-16(18-11-13-7-4-10-22-13)17(21)19-15-9-3-6-12-5-1-2-8-14(12)15/h1-3,5-6,8-9,13H,4,7,10-11H2,(H,18,20)(H,19,21). The highest BCUT2D eigenvalue weighted by molar-refractivity contribution is 6.40. The second-order valence-electron chi connectivity index (χ2n) is 5.33. The van der Waals surface area contributed by atoms with Gasteiger partial charge in [0.15, 0.2) is 0 Å². The van der Waals surface area contributed by atoms with Gasteiger partial charge in [0.2, 0.25) is 0 Å². The second kappa shape index (κ2) is 6.58. The third kappa shape index (κ3) is 3.26. The smallest absolute Gasteiger partial charge is 0.313 e. The summed E-state index contributed by atoms with van der Waals surface area (Å²) in [6.45, 7) is 1.10. The highest BCUT2D eigenvalue weighted by Crippen LogP contribution is 2.22. The number of benzene rings is 2. The maximum Gasteiger partial charge on any atom is 0.313 e. The zero-order valence-corrected chi connectivity index (χ0v) is 12.2. The molecule has 1 atom stereocenters. The lowest BCUT2D eigenvalue weighted by molar-refractivity contribution is -0.136. The lowest BCUT2D eigenvalue weighted by atomic mass is 10.1. The van der Waals surface area contributed by atoms with Crippen molar-refractivity contribution >= 4 is 28.3 Å². The monoisotopic (exact) mass is 298 g/mol. The van der Waals surface area contributed by atoms with Gasteiger partial charge in [0.25, 0.3) is 0 Å². The largest absolute Gasteiger partial charge is 0.376 e. The number of fused-ring (bicyclic) bond motifs is 1. The van der Waals surface area contributed by atoms with Crippen molar-refractivity contribution in [3.05, 3.63) is 42.5 Å². The van der Waals surface area contributed by atoms with Crippen LogP contribution >= 0.6 is 0 Å². The molecule has 3 rings (SSSR count). The second-order valence-corrected chi connectivity index (χ2v) is 5.33. The van der Waals surface area contributed by atoms with E-state index in [1.165, 1.54) is 0 Å². The van der Waals surface area contributed by atoms with Crippen LogP contribution in [0.1, 0.15) is 12.8 Å². The summed E-state index contributed by atoms with van der Waals surface area (Å²) in [5.74, 6) is -1.29. The minimum Gasteiger partial charge on any atom is -0.376 e. The van der Waals surface area contributed by atoms with E-state index in [0.717, 1.165) is 30.2 Å². The van der Waals surface area contributed by atoms with Crippen LogP contribution in [0, 0.1) is 0 Å². The summed E-state index contributed by atoms with van der Waals surface area (Å²) in [6, 6.07) is 13.3. The highest BCUT2D eigenvalue weighted by Gasteiger charge is 2.19. The average molecular weight is 298 g/mol. The van der Waals surface area contributed by atoms with E-state index in [2.05, 4.69) is 10.6 Å². The van der Waals surface area contributed by atoms with Crippen LogP contribution in [0.25, 0.3) is 10.8 Å². The molecule has 2 amide bonds. The minimum atomic E-state index is -0.658. The Morgan fingerprint density at radius 2 is 1.91 bits per heavy atom. The van der Waals surface area contributed by atoms with Crippen molar-refractivity contribution in [3.63, 3.8) is 0 Å². The van der Waals surface area contributed by atoms with Crippen molar-refractivity contribution in [2.45, 2.75) is 18.9 Å². The van der Waals surface area contributed by atoms with Gasteiger partial charge < -0.3 is 15.4 Å². The van der Waals surface area contributed by atoms with E-state index in [0.29, 0.717) is 12.2 Å². The molecule has 5 heteroatoms. The third-order valence-electron chi connectivity index (χ3n) is 3.76. The van der Waals surface area contributed by atoms with E-state index in [-0.39, 0.29) is 6.10 Å². The Balaban J connectivity index is 1.63. The Morgan fingerprint density at radius 3 is 2.73 bits per heavy atom. The molecule has 22 heavy (non-hydrogen) atoms. The Labute approximate surface area is 128 Å². The molecule has 1 aliphatic rings. The van der Waals surface area contributed by atoms with Gasteiger partial charge in [-0.2, -0.15) is 0 Å². The topological polar surface area (TPSA) is 67.4 Å². The molecular formula is C17H18N2O3. The number of anilines is 1. The molecule has 2 aromatic rings. The average Bonchev–Trinajstić information content (AvgIpc) is 3.06. The number of nitrogens with one attached hydrogen (secondary N) is 2. The molecule has 1 aliphatic heterocycles. The Hall–Kier alpha value is -2.40. The van der Waals surface area contributed by atoms with Crippen molar-refractivity contribution < 1.29 is 14.3 Å². The molecule has 2 aromatic carbocycles. The number of carbonyl (C=O) groups is 2. The summed E-state index contributed by atoms with van der Waals surface area (Å²) in [6.07, 6.45) is 1.95. The summed E-state index contributed by atoms with van der Waals surface area (Å²) < 4.78 is 5.41. The van der Waals surface area contributed by atoms with Gasteiger partial charge in [-0.3, -0.25) is 9.59 Å². The van der Waals surface area contributed by atoms with E-state index in [1.54, 1.807) is 6.07 Å². The fraction of sp³-hybridized carbons (Fsp3) is 0.294. The van der Waals surface area contributed by atoms with E-state index >= 15 is 0 Å². The SMILES string of the molecule is O=C(NCC1CCCO1)C(=O)Nc1cccc2ccccc12. The van der Waals surface area contributed by atoms with E-state index in [9.17, 15) is 9.59 Å². The number of rotatable bonds is 3. The van der Waals surface area contributed by atoms with Crippen molar-refractivity contribution in [1.82, 2.24) is 5.32 Å². The maximum absolute atomic E-state index is 12.0. The van der Waals surface area contributed by atoms with Gasteiger partial charge in [-0.1, -0.05) is 36.4 Å². The molecular weight excluding hydrogens is 280 g/mol. The number of amides is 2. The number of hydrogen-bond donors (Lipinski definition) is 2. The predicted octanol–water partition coefficient (Wildman–Crippen LogP) is 2.07. The minimum absolute atomic E-state index is 0.0225. The molecule has 1 unspecified atom stereocenters. The number of ether oxygens (including phenoxy) is 1. The fourth-order valence-corrected chi connectivity index (χ4v) is 2.61. The molecule has 1 saturated heterocycles. The molecule has 0 radical (unpaired) electrons. The Morgan fingerprint density at radius 1 is 1.09 bits per heavy atom. The first kappa shape index (κ1) is 14.5. The summed E-state index contributed by atoms with van der Waals surface area (Å²) >= 11 is 0. The van der Waals surface area contributed by atoms with Crippen LogP contribution < -0.4 is 10.6 Å². The van der Waals surface area contributed by atoms with Crippen molar-refractivity contribution in [1.29, 1.82) is 0 Å². The van der Waals surface area contributed by atoms with Gasteiger partial charge in [0, 0.05) is 24.2 Å². The lowest BCUT2D eigenvalue weighted by Crippen LogP contribution is -2.39. The normalized spacial score (nSPS) is 17.4. The van der Waals surface area contributed by atoms with Gasteiger partial charge in [-0.05, 0) is 24.3 Å². The molecule has 2 N–H and O–H groups in total. The van der Waals surface area contributed by atoms with Crippen molar-refractivity contribution in [3.8, 4) is 0 Å². The van der Waals surface area contributed by atoms with Gasteiger partial charge in [-0.25, -0.2) is 0 Å². The molecule has 0 bridgehead atoms. The summed E-state index contributed by atoms with van der Waals surface area (Å²) in [4.78, 5) is 23.9. The maximum atomic E-state index is 12.0. The lowest BCUT2D eigenvalue weighted by Gasteiger charge is -2.11. The number of carbonyl (C=O) groups excluding carboxylic acids is 2. The Kier molecular flexibility index (Phi) is 4.34. The van der Waals surface area contributed by atoms with Gasteiger partial charge in [-0.15, -0.1) is 0 Å². The quantitative estimate of drug-likeness (QED) is 0.853. The van der Waals surface area contributed by atoms with Crippen LogP contribution in [-0.2, 0) is 14.3 Å². The van der Waals surface area contributed by atoms with E-state index < -0.39 is 11.8 Å². The van der Waals surface area contributed by atoms with Gasteiger partial charge in [0.05, 0.1) is 6.10 Å². The van der Waals surface area contributed by atoms with Crippen LogP contribution in [0.15, 0.2) is 42.5 Å². The van der Waals surface area contributed by atoms with Gasteiger partial charge >= 0.3 is 11.8 Å². The molecule has 0 aromatic heterocycles. The predicted molar refractivity (Wildman–Crippen MR) is 84.6 cm³/mol. The molecule has 0 aliphatic carbocycles. The summed E-state index contributed by atoms with van der Waals surface area (Å²) in [5, 5.41) is 7.21. The van der Waals surface area contributed by atoms with Crippen LogP contribution in [0.4, 0.5) is 5.69 Å². The van der Waals surface area contributed by atoms with Crippen LogP contribution in [0.5, 0.6) is 0 Å². The summed E-state index contributed by atoms with van der Waals surface area (Å²) in [7, 11) is 0. The third-order valence-corrected chi connectivity index (χ3v) is 3.76. The van der Waals surface area contributed by atoms with Crippen LogP contribution in [0.2, 0.25) is 0 Å². The first-order chi connectivity index (χ1) is 10.7. The van der Waals surface area contributed by atoms with Crippen LogP contribution in [0.3, 0.4) is 0 Å². The Bertz CT molecular complexity index is 688. The molecule has 1 fully saturated rings. The first-order valence-electron chi connectivity index (χ1n) is 7.42. The van der Waals surface area contributed by atoms with Crippen molar-refractivity contribution in [2.24, 2.45) is 0 Å². The molecule has 0 spiro atoms. The molecule has 5 nitrogen and oxygen atoms in total. The van der Waals surface area contributed by atoms with Crippen molar-refractivity contribution in [2.75, 3.05) is 18.5 Å². The van der Waals surface area contributed by atoms with E-state index in [4.69, 9.17) is 4.74 Å². The van der Waals surface area contributed by atoms with E-state index in [1.807, 2.05) is 36.4 Å². The van der Waals surface area contributed by atoms with Crippen LogP contribution in [-0.4, -0.2) is 31.1 Å². The van der Waals surface area contributed by atoms with Gasteiger partial charge in [0.1, 0.15) is 0 Å². The number of hydrogen-bond acceptors (Lipinski definition) is 3.